The first kappa shape index (κ1) is 19.7. The van der Waals surface area contributed by atoms with E-state index in [4.69, 9.17) is 9.47 Å². The highest BCUT2D eigenvalue weighted by Gasteiger charge is 2.25. The minimum Gasteiger partial charge on any atom is -0.497 e. The van der Waals surface area contributed by atoms with Crippen LogP contribution < -0.4 is 15.4 Å². The van der Waals surface area contributed by atoms with E-state index in [1.54, 1.807) is 14.0 Å². The summed E-state index contributed by atoms with van der Waals surface area (Å²) in [4.78, 5) is 12.0. The lowest BCUT2D eigenvalue weighted by Crippen LogP contribution is -2.39. The minimum atomic E-state index is -0.544. The third kappa shape index (κ3) is 5.99. The molecule has 3 N–H and O–H groups in total. The van der Waals surface area contributed by atoms with Crippen LogP contribution in [-0.2, 0) is 16.1 Å². The highest BCUT2D eigenvalue weighted by atomic mass is 35.5. The Morgan fingerprint density at radius 1 is 1.48 bits per heavy atom. The fourth-order valence-corrected chi connectivity index (χ4v) is 2.36. The Hall–Kier alpha value is -1.34. The third-order valence-electron chi connectivity index (χ3n) is 3.85. The third-order valence-corrected chi connectivity index (χ3v) is 3.85. The first-order valence-electron chi connectivity index (χ1n) is 7.51. The predicted octanol–water partition coefficient (Wildman–Crippen LogP) is 0.719. The molecule has 1 aliphatic heterocycles. The van der Waals surface area contributed by atoms with Gasteiger partial charge in [0.1, 0.15) is 11.9 Å². The van der Waals surface area contributed by atoms with Gasteiger partial charge in [-0.15, -0.1) is 12.4 Å². The lowest BCUT2D eigenvalue weighted by Gasteiger charge is -2.17. The average Bonchev–Trinajstić information content (AvgIpc) is 2.95. The number of hydrogen-bond acceptors (Lipinski definition) is 5. The number of amides is 1. The summed E-state index contributed by atoms with van der Waals surface area (Å²) in [6.45, 7) is 3.83. The van der Waals surface area contributed by atoms with E-state index >= 15 is 0 Å². The second-order valence-electron chi connectivity index (χ2n) is 5.54. The van der Waals surface area contributed by atoms with E-state index in [9.17, 15) is 9.90 Å². The summed E-state index contributed by atoms with van der Waals surface area (Å²) in [5.74, 6) is 0.664. The highest BCUT2D eigenvalue weighted by molar-refractivity contribution is 5.85. The van der Waals surface area contributed by atoms with E-state index in [0.29, 0.717) is 19.7 Å². The molecule has 1 amide bonds. The van der Waals surface area contributed by atoms with Crippen LogP contribution in [0.25, 0.3) is 0 Å². The molecule has 1 aliphatic rings. The van der Waals surface area contributed by atoms with Gasteiger partial charge in [-0.25, -0.2) is 0 Å². The van der Waals surface area contributed by atoms with Crippen molar-refractivity contribution in [2.45, 2.75) is 25.7 Å². The second kappa shape index (κ2) is 9.72. The molecule has 2 rings (SSSR count). The molecule has 7 heteroatoms. The van der Waals surface area contributed by atoms with Gasteiger partial charge in [-0.3, -0.25) is 4.79 Å². The highest BCUT2D eigenvalue weighted by Crippen LogP contribution is 2.14. The van der Waals surface area contributed by atoms with Crippen molar-refractivity contribution < 1.29 is 19.4 Å². The fraction of sp³-hybridized carbons (Fsp3) is 0.562. The molecule has 130 valence electrons. The molecule has 0 aromatic heterocycles. The molecular formula is C16H25ClN2O4. The van der Waals surface area contributed by atoms with Gasteiger partial charge in [-0.2, -0.15) is 0 Å². The van der Waals surface area contributed by atoms with Gasteiger partial charge in [0.15, 0.2) is 0 Å². The van der Waals surface area contributed by atoms with Crippen LogP contribution in [0.2, 0.25) is 0 Å². The molecule has 1 aromatic rings. The van der Waals surface area contributed by atoms with Crippen molar-refractivity contribution in [1.29, 1.82) is 0 Å². The fourth-order valence-electron chi connectivity index (χ4n) is 2.36. The van der Waals surface area contributed by atoms with Gasteiger partial charge >= 0.3 is 0 Å². The SMILES string of the molecule is COc1cccc(COC(C)C(=O)NCC2CNCC2O)c1.Cl. The molecule has 3 atom stereocenters. The van der Waals surface area contributed by atoms with Crippen LogP contribution in [-0.4, -0.2) is 50.0 Å². The summed E-state index contributed by atoms with van der Waals surface area (Å²) < 4.78 is 10.7. The molecule has 0 aliphatic carbocycles. The smallest absolute Gasteiger partial charge is 0.248 e. The molecule has 1 heterocycles. The summed E-state index contributed by atoms with van der Waals surface area (Å²) in [7, 11) is 1.61. The number of aliphatic hydroxyl groups excluding tert-OH is 1. The number of carbonyl (C=O) groups is 1. The summed E-state index contributed by atoms with van der Waals surface area (Å²) in [6.07, 6.45) is -0.939. The van der Waals surface area contributed by atoms with Crippen LogP contribution in [0.5, 0.6) is 5.75 Å². The number of rotatable bonds is 7. The van der Waals surface area contributed by atoms with E-state index in [1.807, 2.05) is 24.3 Å². The van der Waals surface area contributed by atoms with Crippen molar-refractivity contribution in [2.75, 3.05) is 26.7 Å². The topological polar surface area (TPSA) is 79.8 Å². The van der Waals surface area contributed by atoms with Crippen LogP contribution in [0.4, 0.5) is 0 Å². The molecular weight excluding hydrogens is 320 g/mol. The second-order valence-corrected chi connectivity index (χ2v) is 5.54. The van der Waals surface area contributed by atoms with E-state index < -0.39 is 12.2 Å². The lowest BCUT2D eigenvalue weighted by molar-refractivity contribution is -0.132. The van der Waals surface area contributed by atoms with Crippen molar-refractivity contribution in [3.8, 4) is 5.75 Å². The number of halogens is 1. The molecule has 23 heavy (non-hydrogen) atoms. The zero-order valence-corrected chi connectivity index (χ0v) is 14.3. The number of benzene rings is 1. The number of hydrogen-bond donors (Lipinski definition) is 3. The number of ether oxygens (including phenoxy) is 2. The number of nitrogens with one attached hydrogen (secondary N) is 2. The van der Waals surface area contributed by atoms with Crippen LogP contribution >= 0.6 is 12.4 Å². The van der Waals surface area contributed by atoms with E-state index in [0.717, 1.165) is 17.9 Å². The molecule has 1 saturated heterocycles. The van der Waals surface area contributed by atoms with E-state index in [2.05, 4.69) is 10.6 Å². The van der Waals surface area contributed by atoms with Crippen molar-refractivity contribution in [3.63, 3.8) is 0 Å². The quantitative estimate of drug-likeness (QED) is 0.679. The predicted molar refractivity (Wildman–Crippen MR) is 89.9 cm³/mol. The first-order chi connectivity index (χ1) is 10.6. The normalized spacial score (nSPS) is 21.3. The van der Waals surface area contributed by atoms with Crippen molar-refractivity contribution in [1.82, 2.24) is 10.6 Å². The maximum Gasteiger partial charge on any atom is 0.248 e. The average molecular weight is 345 g/mol. The monoisotopic (exact) mass is 344 g/mol. The number of carbonyl (C=O) groups excluding carboxylic acids is 1. The minimum absolute atomic E-state index is 0. The molecule has 0 saturated carbocycles. The maximum atomic E-state index is 12.0. The lowest BCUT2D eigenvalue weighted by atomic mass is 10.1. The van der Waals surface area contributed by atoms with Gasteiger partial charge in [-0.05, 0) is 24.6 Å². The van der Waals surface area contributed by atoms with Crippen LogP contribution in [0.15, 0.2) is 24.3 Å². The molecule has 0 bridgehead atoms. The van der Waals surface area contributed by atoms with Crippen LogP contribution in [0.1, 0.15) is 12.5 Å². The Balaban J connectivity index is 0.00000264. The Kier molecular flexibility index (Phi) is 8.33. The summed E-state index contributed by atoms with van der Waals surface area (Å²) in [5.41, 5.74) is 0.953. The molecule has 6 nitrogen and oxygen atoms in total. The molecule has 0 radical (unpaired) electrons. The Morgan fingerprint density at radius 2 is 2.26 bits per heavy atom. The van der Waals surface area contributed by atoms with Crippen molar-refractivity contribution in [2.24, 2.45) is 5.92 Å². The Bertz CT molecular complexity index is 501. The van der Waals surface area contributed by atoms with Crippen LogP contribution in [0.3, 0.4) is 0 Å². The van der Waals surface area contributed by atoms with Gasteiger partial charge in [0.2, 0.25) is 5.91 Å². The zero-order valence-electron chi connectivity index (χ0n) is 13.5. The van der Waals surface area contributed by atoms with Gasteiger partial charge < -0.3 is 25.2 Å². The Labute approximate surface area is 143 Å². The summed E-state index contributed by atoms with van der Waals surface area (Å²) >= 11 is 0. The standard InChI is InChI=1S/C16H24N2O4.ClH/c1-11(16(20)18-8-13-7-17-9-15(13)19)22-10-12-4-3-5-14(6-12)21-2;/h3-6,11,13,15,17,19H,7-10H2,1-2H3,(H,18,20);1H. The van der Waals surface area contributed by atoms with Crippen molar-refractivity contribution in [3.05, 3.63) is 29.8 Å². The zero-order chi connectivity index (χ0) is 15.9. The van der Waals surface area contributed by atoms with Crippen LogP contribution in [0, 0.1) is 5.92 Å². The maximum absolute atomic E-state index is 12.0. The summed E-state index contributed by atoms with van der Waals surface area (Å²) in [5, 5.41) is 15.6. The van der Waals surface area contributed by atoms with Gasteiger partial charge in [-0.1, -0.05) is 12.1 Å². The molecule has 3 unspecified atom stereocenters. The Morgan fingerprint density at radius 3 is 2.91 bits per heavy atom. The molecule has 1 fully saturated rings. The first-order valence-corrected chi connectivity index (χ1v) is 7.51. The van der Waals surface area contributed by atoms with Gasteiger partial charge in [0, 0.05) is 25.6 Å². The molecule has 0 spiro atoms. The number of methoxy groups -OCH3 is 1. The van der Waals surface area contributed by atoms with Gasteiger partial charge in [0.25, 0.3) is 0 Å². The van der Waals surface area contributed by atoms with E-state index in [1.165, 1.54) is 0 Å². The molecule has 1 aromatic carbocycles. The largest absolute Gasteiger partial charge is 0.497 e. The number of β-amino-alcohol motifs (C(OH)–C–C–N with tert-alkyl or cyclic N) is 1. The van der Waals surface area contributed by atoms with Gasteiger partial charge in [0.05, 0.1) is 19.8 Å². The van der Waals surface area contributed by atoms with E-state index in [-0.39, 0.29) is 24.2 Å². The summed E-state index contributed by atoms with van der Waals surface area (Å²) in [6, 6.07) is 7.55. The number of aliphatic hydroxyl groups is 1. The van der Waals surface area contributed by atoms with Crippen molar-refractivity contribution >= 4 is 18.3 Å².